The highest BCUT2D eigenvalue weighted by molar-refractivity contribution is 7.10. The summed E-state index contributed by atoms with van der Waals surface area (Å²) in [6.45, 7) is 7.14. The van der Waals surface area contributed by atoms with Crippen molar-refractivity contribution in [1.82, 2.24) is 5.32 Å². The summed E-state index contributed by atoms with van der Waals surface area (Å²) in [5.74, 6) is -2.56. The van der Waals surface area contributed by atoms with Gasteiger partial charge in [0.05, 0.1) is 28.6 Å². The van der Waals surface area contributed by atoms with E-state index in [-0.39, 0.29) is 16.8 Å². The number of carbonyl (C=O) groups excluding carboxylic acids is 1. The van der Waals surface area contributed by atoms with Crippen LogP contribution < -0.4 is 5.32 Å². The van der Waals surface area contributed by atoms with Crippen LogP contribution in [0.3, 0.4) is 0 Å². The van der Waals surface area contributed by atoms with E-state index in [0.29, 0.717) is 23.4 Å². The number of esters is 1. The van der Waals surface area contributed by atoms with Crippen molar-refractivity contribution in [2.75, 3.05) is 7.11 Å². The van der Waals surface area contributed by atoms with Gasteiger partial charge in [-0.15, -0.1) is 17.9 Å². The van der Waals surface area contributed by atoms with Gasteiger partial charge in [0.2, 0.25) is 0 Å². The van der Waals surface area contributed by atoms with Crippen molar-refractivity contribution >= 4 is 29.0 Å². The van der Waals surface area contributed by atoms with Gasteiger partial charge in [-0.05, 0) is 37.3 Å². The van der Waals surface area contributed by atoms with E-state index in [0.717, 1.165) is 4.88 Å². The fraction of sp³-hybridized carbons (Fsp3) is 0.250. The van der Waals surface area contributed by atoms with E-state index in [1.807, 2.05) is 17.5 Å². The molecule has 3 rings (SSSR count). The lowest BCUT2D eigenvalue weighted by atomic mass is 9.57. The van der Waals surface area contributed by atoms with Crippen LogP contribution >= 0.6 is 11.3 Å². The quantitative estimate of drug-likeness (QED) is 0.250. The number of nitrogens with one attached hydrogen (secondary N) is 1. The second kappa shape index (κ2) is 9.41. The fourth-order valence-electron chi connectivity index (χ4n) is 4.73. The monoisotopic (exact) mass is 468 g/mol. The molecular weight excluding hydrogens is 444 g/mol. The summed E-state index contributed by atoms with van der Waals surface area (Å²) in [6, 6.07) is 9.48. The zero-order valence-electron chi connectivity index (χ0n) is 18.5. The zero-order chi connectivity index (χ0) is 24.3. The Morgan fingerprint density at radius 1 is 1.27 bits per heavy atom. The average Bonchev–Trinajstić information content (AvgIpc) is 3.30. The lowest BCUT2D eigenvalue weighted by Crippen LogP contribution is -2.48. The van der Waals surface area contributed by atoms with E-state index in [2.05, 4.69) is 11.9 Å². The molecule has 0 fully saturated rings. The van der Waals surface area contributed by atoms with Crippen LogP contribution in [0.5, 0.6) is 0 Å². The molecule has 0 aliphatic carbocycles. The number of aliphatic carboxylic acids is 1. The highest BCUT2D eigenvalue weighted by atomic mass is 32.1. The maximum Gasteiger partial charge on any atom is 0.336 e. The molecule has 0 saturated heterocycles. The second-order valence-corrected chi connectivity index (χ2v) is 8.61. The minimum Gasteiger partial charge on any atom is -0.478 e. The van der Waals surface area contributed by atoms with Gasteiger partial charge in [-0.25, -0.2) is 9.59 Å². The summed E-state index contributed by atoms with van der Waals surface area (Å²) in [4.78, 5) is 37.9. The van der Waals surface area contributed by atoms with Crippen LogP contribution in [-0.4, -0.2) is 29.1 Å². The molecule has 0 spiro atoms. The van der Waals surface area contributed by atoms with Gasteiger partial charge in [-0.1, -0.05) is 24.3 Å². The SMILES string of the molecule is C=CCC(c1cccs1)C1(c2cccc([N+](=O)[O-])c2)C(C(=O)O)=C(C)NC(C)=C1C(=O)OC. The number of rotatable bonds is 8. The molecule has 9 heteroatoms. The topological polar surface area (TPSA) is 119 Å². The maximum absolute atomic E-state index is 13.2. The summed E-state index contributed by atoms with van der Waals surface area (Å²) in [6.07, 6.45) is 1.96. The minimum absolute atomic E-state index is 0.0748. The zero-order valence-corrected chi connectivity index (χ0v) is 19.3. The highest BCUT2D eigenvalue weighted by Crippen LogP contribution is 2.56. The molecule has 1 aliphatic rings. The smallest absolute Gasteiger partial charge is 0.336 e. The molecule has 2 unspecified atom stereocenters. The number of carboxylic acids is 1. The fourth-order valence-corrected chi connectivity index (χ4v) is 5.64. The predicted molar refractivity (Wildman–Crippen MR) is 125 cm³/mol. The number of nitro groups is 1. The summed E-state index contributed by atoms with van der Waals surface area (Å²) >= 11 is 1.41. The van der Waals surface area contributed by atoms with Crippen LogP contribution in [0.4, 0.5) is 5.69 Å². The van der Waals surface area contributed by atoms with Gasteiger partial charge in [0.15, 0.2) is 0 Å². The molecule has 1 aliphatic heterocycles. The van der Waals surface area contributed by atoms with E-state index in [9.17, 15) is 24.8 Å². The normalized spacial score (nSPS) is 19.0. The predicted octanol–water partition coefficient (Wildman–Crippen LogP) is 4.66. The lowest BCUT2D eigenvalue weighted by Gasteiger charge is -2.46. The van der Waals surface area contributed by atoms with E-state index in [1.165, 1.54) is 36.6 Å². The summed E-state index contributed by atoms with van der Waals surface area (Å²) < 4.78 is 5.11. The third-order valence-electron chi connectivity index (χ3n) is 5.84. The van der Waals surface area contributed by atoms with Crippen molar-refractivity contribution in [2.45, 2.75) is 31.6 Å². The number of benzene rings is 1. The number of dihydropyridines is 1. The van der Waals surface area contributed by atoms with Crippen molar-refractivity contribution in [3.63, 3.8) is 0 Å². The Bertz CT molecular complexity index is 1180. The van der Waals surface area contributed by atoms with Gasteiger partial charge in [0, 0.05) is 34.3 Å². The molecule has 2 aromatic rings. The number of thiophene rings is 1. The van der Waals surface area contributed by atoms with Gasteiger partial charge >= 0.3 is 11.9 Å². The van der Waals surface area contributed by atoms with E-state index in [4.69, 9.17) is 4.74 Å². The number of allylic oxidation sites excluding steroid dienone is 3. The number of non-ortho nitro benzene ring substituents is 1. The van der Waals surface area contributed by atoms with Crippen molar-refractivity contribution in [3.8, 4) is 0 Å². The average molecular weight is 469 g/mol. The highest BCUT2D eigenvalue weighted by Gasteiger charge is 2.56. The number of nitro benzene ring substituents is 1. The Kier molecular flexibility index (Phi) is 6.83. The van der Waals surface area contributed by atoms with Crippen molar-refractivity contribution in [1.29, 1.82) is 0 Å². The first-order valence-electron chi connectivity index (χ1n) is 10.1. The van der Waals surface area contributed by atoms with Gasteiger partial charge in [0.1, 0.15) is 0 Å². The van der Waals surface area contributed by atoms with Gasteiger partial charge in [-0.3, -0.25) is 10.1 Å². The van der Waals surface area contributed by atoms with Gasteiger partial charge in [0.25, 0.3) is 5.69 Å². The van der Waals surface area contributed by atoms with Crippen LogP contribution in [-0.2, 0) is 19.7 Å². The molecule has 172 valence electrons. The number of carboxylic acid groups (broad SMARTS) is 1. The number of hydrogen-bond acceptors (Lipinski definition) is 7. The van der Waals surface area contributed by atoms with Crippen LogP contribution in [0.25, 0.3) is 0 Å². The molecular formula is C24H24N2O6S. The Hall–Kier alpha value is -3.72. The molecule has 0 saturated carbocycles. The third-order valence-corrected chi connectivity index (χ3v) is 6.83. The van der Waals surface area contributed by atoms with Crippen molar-refractivity contribution < 1.29 is 24.4 Å². The molecule has 33 heavy (non-hydrogen) atoms. The standard InChI is InChI=1S/C24H24N2O6S/c1-5-8-18(19-11-7-12-33-19)24(16-9-6-10-17(13-16)26(30)31)20(22(27)28)14(2)25-15(3)21(24)23(29)32-4/h5-7,9-13,18,25H,1,8H2,2-4H3,(H,27,28). The molecule has 0 bridgehead atoms. The molecule has 8 nitrogen and oxygen atoms in total. The van der Waals surface area contributed by atoms with Gasteiger partial charge < -0.3 is 15.2 Å². The largest absolute Gasteiger partial charge is 0.478 e. The number of methoxy groups -OCH3 is 1. The molecule has 2 heterocycles. The van der Waals surface area contributed by atoms with E-state index >= 15 is 0 Å². The number of ether oxygens (including phenoxy) is 1. The first-order chi connectivity index (χ1) is 15.7. The number of nitrogens with zero attached hydrogens (tertiary/aromatic N) is 1. The van der Waals surface area contributed by atoms with Crippen LogP contribution in [0, 0.1) is 10.1 Å². The first-order valence-corrected chi connectivity index (χ1v) is 11.0. The molecule has 2 N–H and O–H groups in total. The Balaban J connectivity index is 2.58. The lowest BCUT2D eigenvalue weighted by molar-refractivity contribution is -0.385. The second-order valence-electron chi connectivity index (χ2n) is 7.63. The van der Waals surface area contributed by atoms with E-state index < -0.39 is 28.2 Å². The number of carbonyl (C=O) groups is 2. The Morgan fingerprint density at radius 2 is 1.97 bits per heavy atom. The molecule has 1 aromatic heterocycles. The third kappa shape index (κ3) is 3.95. The van der Waals surface area contributed by atoms with E-state index in [1.54, 1.807) is 26.0 Å². The Morgan fingerprint density at radius 3 is 2.52 bits per heavy atom. The van der Waals surface area contributed by atoms with Crippen LogP contribution in [0.1, 0.15) is 36.6 Å². The summed E-state index contributed by atoms with van der Waals surface area (Å²) in [7, 11) is 1.22. The van der Waals surface area contributed by atoms with Crippen LogP contribution in [0.15, 0.2) is 77.0 Å². The van der Waals surface area contributed by atoms with Crippen LogP contribution in [0.2, 0.25) is 0 Å². The molecule has 2 atom stereocenters. The maximum atomic E-state index is 13.2. The van der Waals surface area contributed by atoms with Crippen molar-refractivity contribution in [3.05, 3.63) is 97.5 Å². The molecule has 0 amide bonds. The molecule has 1 aromatic carbocycles. The van der Waals surface area contributed by atoms with Crippen molar-refractivity contribution in [2.24, 2.45) is 0 Å². The number of hydrogen-bond donors (Lipinski definition) is 2. The summed E-state index contributed by atoms with van der Waals surface area (Å²) in [5.41, 5.74) is -0.703. The summed E-state index contributed by atoms with van der Waals surface area (Å²) in [5, 5.41) is 26.9. The van der Waals surface area contributed by atoms with Gasteiger partial charge in [-0.2, -0.15) is 0 Å². The molecule has 0 radical (unpaired) electrons. The minimum atomic E-state index is -1.58. The first kappa shape index (κ1) is 23.9. The Labute approximate surface area is 195 Å².